The summed E-state index contributed by atoms with van der Waals surface area (Å²) in [5, 5.41) is 3.67. The average molecular weight is 290 g/mol. The maximum Gasteiger partial charge on any atom is 0.0593 e. The molecule has 0 saturated heterocycles. The summed E-state index contributed by atoms with van der Waals surface area (Å²) in [4.78, 5) is 2.15. The number of nitrogens with one attached hydrogen (secondary N) is 1. The molecule has 1 unspecified atom stereocenters. The van der Waals surface area contributed by atoms with E-state index < -0.39 is 0 Å². The van der Waals surface area contributed by atoms with E-state index in [0.29, 0.717) is 11.5 Å². The summed E-state index contributed by atoms with van der Waals surface area (Å²) in [6.07, 6.45) is 2.45. The Kier molecular flexibility index (Phi) is 5.80. The van der Waals surface area contributed by atoms with Crippen LogP contribution in [-0.2, 0) is 10.2 Å². The first-order chi connectivity index (χ1) is 10.0. The Morgan fingerprint density at radius 3 is 2.76 bits per heavy atom. The lowest BCUT2D eigenvalue weighted by atomic mass is 9.71. The Morgan fingerprint density at radius 1 is 1.24 bits per heavy atom. The lowest BCUT2D eigenvalue weighted by Gasteiger charge is -2.37. The monoisotopic (exact) mass is 290 g/mol. The normalized spacial score (nSPS) is 20.5. The summed E-state index contributed by atoms with van der Waals surface area (Å²) in [6.45, 7) is 8.21. The number of benzene rings is 1. The number of likely N-dealkylation sites (N-methyl/N-ethyl adjacent to an activating group) is 1. The summed E-state index contributed by atoms with van der Waals surface area (Å²) in [5.74, 6) is 0. The molecule has 1 aliphatic carbocycles. The van der Waals surface area contributed by atoms with Crippen LogP contribution in [0.4, 0.5) is 0 Å². The minimum atomic E-state index is 0.303. The van der Waals surface area contributed by atoms with Crippen LogP contribution in [0, 0.1) is 0 Å². The Morgan fingerprint density at radius 2 is 2.00 bits per heavy atom. The molecule has 0 amide bonds. The summed E-state index contributed by atoms with van der Waals surface area (Å²) in [6, 6.07) is 9.36. The second kappa shape index (κ2) is 7.39. The highest BCUT2D eigenvalue weighted by Crippen LogP contribution is 2.41. The lowest BCUT2D eigenvalue weighted by molar-refractivity contribution is 0.116. The van der Waals surface area contributed by atoms with Crippen molar-refractivity contribution in [3.8, 4) is 0 Å². The zero-order valence-electron chi connectivity index (χ0n) is 14.0. The van der Waals surface area contributed by atoms with Gasteiger partial charge < -0.3 is 15.0 Å². The van der Waals surface area contributed by atoms with E-state index >= 15 is 0 Å². The molecule has 3 heteroatoms. The van der Waals surface area contributed by atoms with Crippen molar-refractivity contribution >= 4 is 0 Å². The van der Waals surface area contributed by atoms with Gasteiger partial charge in [-0.3, -0.25) is 0 Å². The van der Waals surface area contributed by atoms with E-state index in [2.05, 4.69) is 62.4 Å². The van der Waals surface area contributed by atoms with Crippen LogP contribution in [0.5, 0.6) is 0 Å². The van der Waals surface area contributed by atoms with Gasteiger partial charge in [0, 0.05) is 19.1 Å². The van der Waals surface area contributed by atoms with E-state index in [1.807, 2.05) is 0 Å². The summed E-state index contributed by atoms with van der Waals surface area (Å²) < 4.78 is 5.66. The third-order valence-electron chi connectivity index (χ3n) is 4.44. The minimum Gasteiger partial charge on any atom is -0.379 e. The topological polar surface area (TPSA) is 24.5 Å². The summed E-state index contributed by atoms with van der Waals surface area (Å²) in [5.41, 5.74) is 3.28. The molecule has 21 heavy (non-hydrogen) atoms. The lowest BCUT2D eigenvalue weighted by Crippen LogP contribution is -2.34. The fourth-order valence-corrected chi connectivity index (χ4v) is 3.08. The van der Waals surface area contributed by atoms with E-state index in [1.165, 1.54) is 24.0 Å². The number of ether oxygens (including phenoxy) is 1. The van der Waals surface area contributed by atoms with E-state index in [0.717, 1.165) is 26.3 Å². The highest BCUT2D eigenvalue weighted by molar-refractivity contribution is 5.38. The predicted molar refractivity (Wildman–Crippen MR) is 88.8 cm³/mol. The third kappa shape index (κ3) is 4.53. The molecule has 0 fully saturated rings. The van der Waals surface area contributed by atoms with Gasteiger partial charge in [0.15, 0.2) is 0 Å². The van der Waals surface area contributed by atoms with E-state index in [1.54, 1.807) is 0 Å². The summed E-state index contributed by atoms with van der Waals surface area (Å²) >= 11 is 0. The maximum absolute atomic E-state index is 5.66. The average Bonchev–Trinajstić information content (AvgIpc) is 2.45. The van der Waals surface area contributed by atoms with Crippen molar-refractivity contribution < 1.29 is 4.74 Å². The molecule has 1 N–H and O–H groups in total. The number of rotatable bonds is 7. The summed E-state index contributed by atoms with van der Waals surface area (Å²) in [7, 11) is 4.14. The van der Waals surface area contributed by atoms with Gasteiger partial charge in [0.2, 0.25) is 0 Å². The van der Waals surface area contributed by atoms with E-state index in [-0.39, 0.29) is 0 Å². The van der Waals surface area contributed by atoms with Gasteiger partial charge in [-0.2, -0.15) is 0 Å². The zero-order valence-corrected chi connectivity index (χ0v) is 14.0. The first kappa shape index (κ1) is 16.5. The van der Waals surface area contributed by atoms with Gasteiger partial charge in [-0.15, -0.1) is 0 Å². The van der Waals surface area contributed by atoms with Crippen molar-refractivity contribution in [1.29, 1.82) is 0 Å². The molecule has 0 spiro atoms. The Hall–Kier alpha value is -0.900. The van der Waals surface area contributed by atoms with E-state index in [9.17, 15) is 0 Å². The molecule has 3 nitrogen and oxygen atoms in total. The van der Waals surface area contributed by atoms with Crippen LogP contribution in [0.2, 0.25) is 0 Å². The highest BCUT2D eigenvalue weighted by Gasteiger charge is 2.31. The first-order valence-corrected chi connectivity index (χ1v) is 8.06. The van der Waals surface area contributed by atoms with E-state index in [4.69, 9.17) is 4.74 Å². The SMILES string of the molecule is CN(C)CCOCCNC1CCC(C)(C)c2ccccc21. The maximum atomic E-state index is 5.66. The van der Waals surface area contributed by atoms with Crippen molar-refractivity contribution in [2.45, 2.75) is 38.1 Å². The fourth-order valence-electron chi connectivity index (χ4n) is 3.08. The Balaban J connectivity index is 1.82. The molecule has 1 atom stereocenters. The van der Waals surface area contributed by atoms with Crippen molar-refractivity contribution in [2.24, 2.45) is 0 Å². The fraction of sp³-hybridized carbons (Fsp3) is 0.667. The Labute approximate surface area is 129 Å². The van der Waals surface area contributed by atoms with Crippen LogP contribution in [-0.4, -0.2) is 45.3 Å². The van der Waals surface area contributed by atoms with Crippen LogP contribution >= 0.6 is 0 Å². The number of hydrogen-bond donors (Lipinski definition) is 1. The Bertz CT molecular complexity index is 443. The minimum absolute atomic E-state index is 0.303. The van der Waals surface area contributed by atoms with Gasteiger partial charge >= 0.3 is 0 Å². The molecular weight excluding hydrogens is 260 g/mol. The molecule has 1 aliphatic rings. The van der Waals surface area contributed by atoms with Crippen LogP contribution < -0.4 is 5.32 Å². The third-order valence-corrected chi connectivity index (χ3v) is 4.44. The van der Waals surface area contributed by atoms with Crippen LogP contribution in [0.15, 0.2) is 24.3 Å². The first-order valence-electron chi connectivity index (χ1n) is 8.06. The van der Waals surface area contributed by atoms with Crippen molar-refractivity contribution in [3.63, 3.8) is 0 Å². The van der Waals surface area contributed by atoms with Gasteiger partial charge in [-0.1, -0.05) is 38.1 Å². The number of nitrogens with zero attached hydrogens (tertiary/aromatic N) is 1. The predicted octanol–water partition coefficient (Wildman–Crippen LogP) is 2.97. The van der Waals surface area contributed by atoms with Gasteiger partial charge in [-0.05, 0) is 43.5 Å². The molecule has 2 rings (SSSR count). The highest BCUT2D eigenvalue weighted by atomic mass is 16.5. The largest absolute Gasteiger partial charge is 0.379 e. The second-order valence-electron chi connectivity index (χ2n) is 6.93. The number of hydrogen-bond acceptors (Lipinski definition) is 3. The standard InChI is InChI=1S/C18H30N2O/c1-18(2)10-9-17(15-7-5-6-8-16(15)18)19-11-13-21-14-12-20(3)4/h5-8,17,19H,9-14H2,1-4H3. The quantitative estimate of drug-likeness (QED) is 0.781. The molecule has 118 valence electrons. The van der Waals surface area contributed by atoms with Crippen molar-refractivity contribution in [3.05, 3.63) is 35.4 Å². The van der Waals surface area contributed by atoms with Gasteiger partial charge in [0.1, 0.15) is 0 Å². The van der Waals surface area contributed by atoms with Crippen LogP contribution in [0.3, 0.4) is 0 Å². The second-order valence-corrected chi connectivity index (χ2v) is 6.93. The smallest absolute Gasteiger partial charge is 0.0593 e. The zero-order chi connectivity index (χ0) is 15.3. The molecular formula is C18H30N2O. The van der Waals surface area contributed by atoms with Crippen LogP contribution in [0.25, 0.3) is 0 Å². The molecule has 1 aromatic carbocycles. The molecule has 1 aromatic rings. The molecule has 0 saturated carbocycles. The number of fused-ring (bicyclic) bond motifs is 1. The van der Waals surface area contributed by atoms with Gasteiger partial charge in [0.05, 0.1) is 13.2 Å². The van der Waals surface area contributed by atoms with Crippen molar-refractivity contribution in [1.82, 2.24) is 10.2 Å². The molecule has 0 bridgehead atoms. The van der Waals surface area contributed by atoms with Gasteiger partial charge in [0.25, 0.3) is 0 Å². The molecule has 0 aromatic heterocycles. The van der Waals surface area contributed by atoms with Crippen LogP contribution in [0.1, 0.15) is 43.9 Å². The molecule has 0 heterocycles. The van der Waals surface area contributed by atoms with Crippen molar-refractivity contribution in [2.75, 3.05) is 40.4 Å². The van der Waals surface area contributed by atoms with Gasteiger partial charge in [-0.25, -0.2) is 0 Å². The molecule has 0 aliphatic heterocycles. The molecule has 0 radical (unpaired) electrons.